The molecule has 0 bridgehead atoms. The van der Waals surface area contributed by atoms with Crippen LogP contribution in [0.2, 0.25) is 0 Å². The van der Waals surface area contributed by atoms with Crippen molar-refractivity contribution in [1.82, 2.24) is 9.13 Å². The zero-order valence-corrected chi connectivity index (χ0v) is 18.4. The molecule has 5 aromatic carbocycles. The summed E-state index contributed by atoms with van der Waals surface area (Å²) in [4.78, 5) is 0. The number of aromatic nitrogens is 2. The zero-order chi connectivity index (χ0) is 21.9. The molecule has 0 radical (unpaired) electrons. The summed E-state index contributed by atoms with van der Waals surface area (Å²) in [7, 11) is 0. The van der Waals surface area contributed by atoms with Crippen LogP contribution in [0.5, 0.6) is 0 Å². The number of rotatable bonds is 2. The molecule has 2 heterocycles. The molecular weight excluding hydrogens is 400 g/mol. The number of aryl methyl sites for hydroxylation is 1. The molecule has 2 nitrogen and oxygen atoms in total. The Kier molecular flexibility index (Phi) is 3.80. The minimum absolute atomic E-state index is 1.17. The third-order valence-electron chi connectivity index (χ3n) is 6.85. The molecule has 7 rings (SSSR count). The van der Waals surface area contributed by atoms with Crippen LogP contribution in [0.4, 0.5) is 0 Å². The van der Waals surface area contributed by atoms with Crippen molar-refractivity contribution in [2.24, 2.45) is 0 Å². The van der Waals surface area contributed by atoms with Gasteiger partial charge in [-0.2, -0.15) is 0 Å². The van der Waals surface area contributed by atoms with Gasteiger partial charge in [-0.15, -0.1) is 0 Å². The molecule has 0 spiro atoms. The Balaban J connectivity index is 1.47. The van der Waals surface area contributed by atoms with Crippen LogP contribution in [0.3, 0.4) is 0 Å². The highest BCUT2D eigenvalue weighted by Gasteiger charge is 2.14. The SMILES string of the molecule is Cc1cccc2c1c1ccccc1n2-c1ccc(-n2c3ccccc3c3ccccc32)cc1. The zero-order valence-electron chi connectivity index (χ0n) is 18.4. The first kappa shape index (κ1) is 18.3. The van der Waals surface area contributed by atoms with Gasteiger partial charge < -0.3 is 9.13 Å². The van der Waals surface area contributed by atoms with Crippen molar-refractivity contribution in [1.29, 1.82) is 0 Å². The largest absolute Gasteiger partial charge is 0.309 e. The van der Waals surface area contributed by atoms with E-state index in [1.807, 2.05) is 0 Å². The molecule has 0 saturated heterocycles. The van der Waals surface area contributed by atoms with Crippen molar-refractivity contribution in [3.05, 3.63) is 121 Å². The maximum absolute atomic E-state index is 2.38. The molecule has 0 N–H and O–H groups in total. The first-order valence-corrected chi connectivity index (χ1v) is 11.4. The molecule has 0 saturated carbocycles. The number of para-hydroxylation sites is 3. The summed E-state index contributed by atoms with van der Waals surface area (Å²) < 4.78 is 4.75. The van der Waals surface area contributed by atoms with Gasteiger partial charge in [-0.05, 0) is 61.0 Å². The van der Waals surface area contributed by atoms with E-state index in [0.717, 1.165) is 0 Å². The van der Waals surface area contributed by atoms with Crippen LogP contribution in [0.25, 0.3) is 55.0 Å². The van der Waals surface area contributed by atoms with Crippen molar-refractivity contribution >= 4 is 43.6 Å². The Morgan fingerprint density at radius 2 is 0.818 bits per heavy atom. The van der Waals surface area contributed by atoms with Gasteiger partial charge in [0.1, 0.15) is 0 Å². The maximum Gasteiger partial charge on any atom is 0.0543 e. The van der Waals surface area contributed by atoms with E-state index < -0.39 is 0 Å². The molecule has 0 aliphatic rings. The second-order valence-electron chi connectivity index (χ2n) is 8.71. The van der Waals surface area contributed by atoms with Crippen molar-refractivity contribution in [3.8, 4) is 11.4 Å². The van der Waals surface area contributed by atoms with Crippen LogP contribution in [0.1, 0.15) is 5.56 Å². The van der Waals surface area contributed by atoms with Gasteiger partial charge in [0.05, 0.1) is 22.1 Å². The van der Waals surface area contributed by atoms with E-state index in [1.54, 1.807) is 0 Å². The van der Waals surface area contributed by atoms with Crippen LogP contribution in [-0.4, -0.2) is 9.13 Å². The molecule has 7 aromatic rings. The van der Waals surface area contributed by atoms with Gasteiger partial charge >= 0.3 is 0 Å². The van der Waals surface area contributed by atoms with E-state index >= 15 is 0 Å². The molecule has 156 valence electrons. The second-order valence-corrected chi connectivity index (χ2v) is 8.71. The summed E-state index contributed by atoms with van der Waals surface area (Å²) in [6, 6.07) is 41.6. The number of nitrogens with zero attached hydrogens (tertiary/aromatic N) is 2. The van der Waals surface area contributed by atoms with Crippen molar-refractivity contribution in [2.45, 2.75) is 6.92 Å². The summed E-state index contributed by atoms with van der Waals surface area (Å²) in [6.07, 6.45) is 0. The minimum Gasteiger partial charge on any atom is -0.309 e. The number of hydrogen-bond acceptors (Lipinski definition) is 0. The number of fused-ring (bicyclic) bond motifs is 6. The van der Waals surface area contributed by atoms with Crippen molar-refractivity contribution in [2.75, 3.05) is 0 Å². The van der Waals surface area contributed by atoms with Crippen LogP contribution in [-0.2, 0) is 0 Å². The Hall–Kier alpha value is -4.30. The molecule has 0 atom stereocenters. The monoisotopic (exact) mass is 422 g/mol. The molecule has 0 aliphatic heterocycles. The molecule has 0 unspecified atom stereocenters. The lowest BCUT2D eigenvalue weighted by atomic mass is 10.1. The highest BCUT2D eigenvalue weighted by molar-refractivity contribution is 6.11. The average Bonchev–Trinajstić information content (AvgIpc) is 3.38. The lowest BCUT2D eigenvalue weighted by molar-refractivity contribution is 1.14. The molecule has 2 heteroatoms. The highest BCUT2D eigenvalue weighted by Crippen LogP contribution is 2.35. The van der Waals surface area contributed by atoms with E-state index in [9.17, 15) is 0 Å². The lowest BCUT2D eigenvalue weighted by Crippen LogP contribution is -1.97. The summed E-state index contributed by atoms with van der Waals surface area (Å²) in [6.45, 7) is 2.20. The Morgan fingerprint density at radius 3 is 1.39 bits per heavy atom. The first-order chi connectivity index (χ1) is 16.3. The molecule has 0 aliphatic carbocycles. The number of hydrogen-bond donors (Lipinski definition) is 0. The topological polar surface area (TPSA) is 9.86 Å². The molecule has 33 heavy (non-hydrogen) atoms. The van der Waals surface area contributed by atoms with Gasteiger partial charge in [-0.3, -0.25) is 0 Å². The second kappa shape index (κ2) is 6.85. The fourth-order valence-electron chi connectivity index (χ4n) is 5.43. The predicted octanol–water partition coefficient (Wildman–Crippen LogP) is 8.19. The van der Waals surface area contributed by atoms with Crippen molar-refractivity contribution in [3.63, 3.8) is 0 Å². The molecular formula is C31H22N2. The third-order valence-corrected chi connectivity index (χ3v) is 6.85. The average molecular weight is 423 g/mol. The quantitative estimate of drug-likeness (QED) is 0.266. The van der Waals surface area contributed by atoms with Gasteiger partial charge in [-0.25, -0.2) is 0 Å². The minimum atomic E-state index is 1.17. The van der Waals surface area contributed by atoms with Gasteiger partial charge in [-0.1, -0.05) is 66.7 Å². The lowest BCUT2D eigenvalue weighted by Gasteiger charge is -2.11. The fourth-order valence-corrected chi connectivity index (χ4v) is 5.43. The van der Waals surface area contributed by atoms with Gasteiger partial charge in [0, 0.05) is 32.9 Å². The van der Waals surface area contributed by atoms with E-state index in [1.165, 1.54) is 60.5 Å². The Morgan fingerprint density at radius 1 is 0.394 bits per heavy atom. The third kappa shape index (κ3) is 2.55. The van der Waals surface area contributed by atoms with Crippen LogP contribution in [0.15, 0.2) is 115 Å². The molecule has 2 aromatic heterocycles. The Bertz CT molecular complexity index is 1760. The van der Waals surface area contributed by atoms with Crippen LogP contribution >= 0.6 is 0 Å². The summed E-state index contributed by atoms with van der Waals surface area (Å²) in [5.41, 5.74) is 8.62. The summed E-state index contributed by atoms with van der Waals surface area (Å²) in [5.74, 6) is 0. The standard InChI is InChI=1S/C31H22N2/c1-21-9-8-16-30-31(21)26-12-4-7-15-29(26)33(30)23-19-17-22(18-20-23)32-27-13-5-2-10-24(27)25-11-3-6-14-28(25)32/h2-20H,1H3. The normalized spacial score (nSPS) is 11.8. The van der Waals surface area contributed by atoms with E-state index in [-0.39, 0.29) is 0 Å². The number of benzene rings is 5. The van der Waals surface area contributed by atoms with Crippen molar-refractivity contribution < 1.29 is 0 Å². The summed E-state index contributed by atoms with van der Waals surface area (Å²) >= 11 is 0. The van der Waals surface area contributed by atoms with Gasteiger partial charge in [0.25, 0.3) is 0 Å². The molecule has 0 fully saturated rings. The maximum atomic E-state index is 2.38. The van der Waals surface area contributed by atoms with E-state index in [4.69, 9.17) is 0 Å². The summed E-state index contributed by atoms with van der Waals surface area (Å²) in [5, 5.41) is 5.21. The van der Waals surface area contributed by atoms with Crippen LogP contribution < -0.4 is 0 Å². The van der Waals surface area contributed by atoms with E-state index in [2.05, 4.69) is 131 Å². The fraction of sp³-hybridized carbons (Fsp3) is 0.0323. The smallest absolute Gasteiger partial charge is 0.0543 e. The Labute approximate surface area is 191 Å². The predicted molar refractivity (Wildman–Crippen MR) is 140 cm³/mol. The highest BCUT2D eigenvalue weighted by atomic mass is 15.0. The molecule has 0 amide bonds. The van der Waals surface area contributed by atoms with Crippen LogP contribution in [0, 0.1) is 6.92 Å². The first-order valence-electron chi connectivity index (χ1n) is 11.4. The van der Waals surface area contributed by atoms with Gasteiger partial charge in [0.2, 0.25) is 0 Å². The van der Waals surface area contributed by atoms with Gasteiger partial charge in [0.15, 0.2) is 0 Å². The van der Waals surface area contributed by atoms with E-state index in [0.29, 0.717) is 0 Å².